The fraction of sp³-hybridized carbons (Fsp3) is 0.600. The Balaban J connectivity index is 1.43. The van der Waals surface area contributed by atoms with Gasteiger partial charge in [0.25, 0.3) is 5.69 Å². The van der Waals surface area contributed by atoms with Gasteiger partial charge in [0.2, 0.25) is 11.8 Å². The van der Waals surface area contributed by atoms with Crippen LogP contribution >= 0.6 is 0 Å². The van der Waals surface area contributed by atoms with Gasteiger partial charge in [-0.2, -0.15) is 0 Å². The number of nitro benzene ring substituents is 1. The van der Waals surface area contributed by atoms with Gasteiger partial charge in [-0.1, -0.05) is 25.5 Å². The molecule has 178 valence electrons. The third-order valence-corrected chi connectivity index (χ3v) is 7.32. The first-order valence-electron chi connectivity index (χ1n) is 12.0. The molecule has 0 spiro atoms. The molecule has 1 N–H and O–H groups in total. The summed E-state index contributed by atoms with van der Waals surface area (Å²) in [6.07, 6.45) is 5.86. The highest BCUT2D eigenvalue weighted by atomic mass is 16.6. The number of non-ortho nitro benzene ring substituents is 1. The summed E-state index contributed by atoms with van der Waals surface area (Å²) in [7, 11) is 0. The molecule has 33 heavy (non-hydrogen) atoms. The van der Waals surface area contributed by atoms with Crippen LogP contribution in [0, 0.1) is 33.8 Å². The third kappa shape index (κ3) is 5.68. The van der Waals surface area contributed by atoms with E-state index in [0.717, 1.165) is 38.9 Å². The minimum Gasteiger partial charge on any atom is -0.421 e. The van der Waals surface area contributed by atoms with Crippen molar-refractivity contribution in [2.24, 2.45) is 23.7 Å². The quantitative estimate of drug-likeness (QED) is 0.373. The lowest BCUT2D eigenvalue weighted by atomic mass is 9.69. The molecule has 1 aliphatic heterocycles. The molecule has 3 atom stereocenters. The molecular formula is C25H34N4O4. The van der Waals surface area contributed by atoms with Gasteiger partial charge in [0, 0.05) is 43.8 Å². The maximum Gasteiger partial charge on any atom is 0.269 e. The van der Waals surface area contributed by atoms with Crippen LogP contribution in [0.25, 0.3) is 11.5 Å². The molecule has 2 aromatic rings. The highest BCUT2D eigenvalue weighted by Gasteiger charge is 2.34. The number of aliphatic hydroxyl groups excluding tert-OH is 1. The second kappa shape index (κ2) is 10.1. The zero-order valence-electron chi connectivity index (χ0n) is 19.7. The molecule has 8 nitrogen and oxygen atoms in total. The van der Waals surface area contributed by atoms with Crippen LogP contribution in [0.15, 0.2) is 40.3 Å². The molecular weight excluding hydrogens is 420 g/mol. The van der Waals surface area contributed by atoms with Crippen LogP contribution in [-0.2, 0) is 6.42 Å². The molecule has 1 saturated heterocycles. The first-order chi connectivity index (χ1) is 15.8. The van der Waals surface area contributed by atoms with Crippen LogP contribution < -0.4 is 0 Å². The van der Waals surface area contributed by atoms with Gasteiger partial charge in [0.15, 0.2) is 0 Å². The second-order valence-electron chi connectivity index (χ2n) is 9.96. The van der Waals surface area contributed by atoms with E-state index in [4.69, 9.17) is 4.42 Å². The molecule has 0 unspecified atom stereocenters. The Morgan fingerprint density at radius 1 is 1.21 bits per heavy atom. The maximum absolute atomic E-state index is 10.9. The van der Waals surface area contributed by atoms with Crippen LogP contribution in [0.3, 0.4) is 0 Å². The van der Waals surface area contributed by atoms with Crippen molar-refractivity contribution in [2.45, 2.75) is 52.6 Å². The molecule has 4 rings (SSSR count). The molecule has 2 heterocycles. The molecule has 1 aromatic carbocycles. The topological polar surface area (TPSA) is 106 Å². The Bertz CT molecular complexity index is 977. The lowest BCUT2D eigenvalue weighted by Gasteiger charge is -2.40. The first kappa shape index (κ1) is 23.6. The maximum atomic E-state index is 10.9. The molecule has 1 aromatic heterocycles. The first-order valence-corrected chi connectivity index (χ1v) is 12.0. The van der Waals surface area contributed by atoms with Crippen LogP contribution in [0.4, 0.5) is 5.69 Å². The number of nitro groups is 1. The number of aromatic nitrogens is 2. The molecule has 0 saturated carbocycles. The van der Waals surface area contributed by atoms with E-state index in [9.17, 15) is 15.2 Å². The zero-order valence-corrected chi connectivity index (χ0v) is 19.7. The summed E-state index contributed by atoms with van der Waals surface area (Å²) in [5.41, 5.74) is 2.10. The van der Waals surface area contributed by atoms with Gasteiger partial charge >= 0.3 is 0 Å². The van der Waals surface area contributed by atoms with E-state index in [1.165, 1.54) is 17.7 Å². The molecule has 8 heteroatoms. The monoisotopic (exact) mass is 454 g/mol. The zero-order chi connectivity index (χ0) is 23.5. The van der Waals surface area contributed by atoms with Crippen molar-refractivity contribution in [3.63, 3.8) is 0 Å². The number of allylic oxidation sites excluding steroid dienone is 1. The average Bonchev–Trinajstić information content (AvgIpc) is 3.25. The number of hydrogen-bond donors (Lipinski definition) is 1. The van der Waals surface area contributed by atoms with Gasteiger partial charge in [0.05, 0.1) is 11.0 Å². The highest BCUT2D eigenvalue weighted by Crippen LogP contribution is 2.39. The van der Waals surface area contributed by atoms with Gasteiger partial charge in [-0.05, 0) is 62.0 Å². The molecule has 1 aliphatic carbocycles. The van der Waals surface area contributed by atoms with E-state index in [1.54, 1.807) is 12.1 Å². The van der Waals surface area contributed by atoms with Crippen LogP contribution in [0.5, 0.6) is 0 Å². The molecule has 2 aliphatic rings. The number of aliphatic hydroxyl groups is 1. The van der Waals surface area contributed by atoms with Gasteiger partial charge in [-0.3, -0.25) is 10.1 Å². The van der Waals surface area contributed by atoms with Crippen molar-refractivity contribution in [1.82, 2.24) is 15.1 Å². The highest BCUT2D eigenvalue weighted by molar-refractivity contribution is 5.55. The number of benzene rings is 1. The smallest absolute Gasteiger partial charge is 0.269 e. The summed E-state index contributed by atoms with van der Waals surface area (Å²) in [6.45, 7) is 9.84. The Hall–Kier alpha value is -2.58. The minimum atomic E-state index is -0.422. The summed E-state index contributed by atoms with van der Waals surface area (Å²) in [6, 6.07) is 6.17. The Kier molecular flexibility index (Phi) is 7.24. The summed E-state index contributed by atoms with van der Waals surface area (Å²) in [4.78, 5) is 12.9. The largest absolute Gasteiger partial charge is 0.421 e. The van der Waals surface area contributed by atoms with E-state index in [-0.39, 0.29) is 11.8 Å². The minimum absolute atomic E-state index is 0.0384. The molecule has 1 fully saturated rings. The summed E-state index contributed by atoms with van der Waals surface area (Å²) < 4.78 is 5.92. The molecule has 0 radical (unpaired) electrons. The lowest BCUT2D eigenvalue weighted by Crippen LogP contribution is -2.42. The van der Waals surface area contributed by atoms with Gasteiger partial charge in [0.1, 0.15) is 0 Å². The van der Waals surface area contributed by atoms with E-state index in [2.05, 4.69) is 41.9 Å². The Morgan fingerprint density at radius 3 is 2.55 bits per heavy atom. The van der Waals surface area contributed by atoms with Gasteiger partial charge in [-0.15, -0.1) is 10.2 Å². The Morgan fingerprint density at radius 2 is 1.91 bits per heavy atom. The molecule has 0 bridgehead atoms. The fourth-order valence-corrected chi connectivity index (χ4v) is 5.27. The van der Waals surface area contributed by atoms with Crippen molar-refractivity contribution in [3.8, 4) is 11.5 Å². The lowest BCUT2D eigenvalue weighted by molar-refractivity contribution is -0.384. The van der Waals surface area contributed by atoms with E-state index in [1.807, 2.05) is 0 Å². The summed E-state index contributed by atoms with van der Waals surface area (Å²) in [5, 5.41) is 29.1. The van der Waals surface area contributed by atoms with Gasteiger partial charge < -0.3 is 14.4 Å². The van der Waals surface area contributed by atoms with E-state index >= 15 is 0 Å². The van der Waals surface area contributed by atoms with Crippen molar-refractivity contribution in [2.75, 3.05) is 19.6 Å². The number of hydrogen-bond acceptors (Lipinski definition) is 7. The van der Waals surface area contributed by atoms with E-state index < -0.39 is 4.92 Å². The number of nitrogens with zero attached hydrogens (tertiary/aromatic N) is 4. The number of rotatable bonds is 7. The normalized spacial score (nSPS) is 24.8. The van der Waals surface area contributed by atoms with Gasteiger partial charge in [-0.25, -0.2) is 0 Å². The van der Waals surface area contributed by atoms with Crippen molar-refractivity contribution < 1.29 is 14.4 Å². The second-order valence-corrected chi connectivity index (χ2v) is 9.96. The van der Waals surface area contributed by atoms with Crippen molar-refractivity contribution >= 4 is 5.69 Å². The van der Waals surface area contributed by atoms with Crippen LogP contribution in [0.2, 0.25) is 0 Å². The summed E-state index contributed by atoms with van der Waals surface area (Å²) >= 11 is 0. The fourth-order valence-electron chi connectivity index (χ4n) is 5.27. The standard InChI is InChI=1S/C25H34N4O4/c1-16(2)23-13-19(17(3)12-20(23)15-28-10-8-22(30)9-11-28)14-24-26-27-25(33-24)18-4-6-21(7-5-18)29(31)32/h4-7,12,16,19-20,22-23,30H,8-11,13-15H2,1-3H3/t19-,20-,23-/m0/s1. The number of likely N-dealkylation sites (tertiary alicyclic amines) is 1. The van der Waals surface area contributed by atoms with Crippen molar-refractivity contribution in [3.05, 3.63) is 51.9 Å². The third-order valence-electron chi connectivity index (χ3n) is 7.32. The molecule has 0 amide bonds. The SMILES string of the molecule is CC1=C[C@@H](CN2CCC(O)CC2)[C@H](C(C)C)C[C@H]1Cc1nnc(-c2ccc([N+](=O)[O-])cc2)o1. The van der Waals surface area contributed by atoms with Crippen LogP contribution in [0.1, 0.15) is 45.9 Å². The predicted octanol–water partition coefficient (Wildman–Crippen LogP) is 4.50. The predicted molar refractivity (Wildman–Crippen MR) is 125 cm³/mol. The average molecular weight is 455 g/mol. The Labute approximate surface area is 194 Å². The van der Waals surface area contributed by atoms with E-state index in [0.29, 0.717) is 47.4 Å². The number of piperidine rings is 1. The van der Waals surface area contributed by atoms with Crippen molar-refractivity contribution in [1.29, 1.82) is 0 Å². The summed E-state index contributed by atoms with van der Waals surface area (Å²) in [5.74, 6) is 3.05. The van der Waals surface area contributed by atoms with Crippen LogP contribution in [-0.4, -0.2) is 50.9 Å².